The Balaban J connectivity index is 1.86. The fraction of sp³-hybridized carbons (Fsp3) is 0. The van der Waals surface area contributed by atoms with E-state index in [4.69, 9.17) is 10.3 Å². The van der Waals surface area contributed by atoms with Crippen LogP contribution in [0.1, 0.15) is 15.5 Å². The number of hydrogen-bond donors (Lipinski definition) is 1. The minimum atomic E-state index is -0.236. The molecule has 102 valence electrons. The highest BCUT2D eigenvalue weighted by Gasteiger charge is 2.21. The van der Waals surface area contributed by atoms with Crippen LogP contribution >= 0.6 is 11.3 Å². The van der Waals surface area contributed by atoms with E-state index >= 15 is 0 Å². The lowest BCUT2D eigenvalue weighted by Crippen LogP contribution is -2.01. The second-order valence-corrected chi connectivity index (χ2v) is 5.63. The Bertz CT molecular complexity index is 987. The molecule has 2 N–H and O–H groups in total. The first-order valence-electron chi connectivity index (χ1n) is 6.27. The molecular formula is C15H9N3O2S. The predicted octanol–water partition coefficient (Wildman–Crippen LogP) is 3.25. The summed E-state index contributed by atoms with van der Waals surface area (Å²) in [7, 11) is 0. The van der Waals surface area contributed by atoms with E-state index in [1.807, 2.05) is 24.3 Å². The number of hydrogen-bond acceptors (Lipinski definition) is 6. The lowest BCUT2D eigenvalue weighted by atomic mass is 10.1. The SMILES string of the molecule is Nc1ccc2sc(C(=O)c3noc4ccccc34)nc2c1. The molecule has 5 nitrogen and oxygen atoms in total. The molecule has 0 aliphatic carbocycles. The maximum atomic E-state index is 12.6. The Hall–Kier alpha value is -2.73. The van der Waals surface area contributed by atoms with E-state index in [2.05, 4.69) is 10.1 Å². The Morgan fingerprint density at radius 3 is 2.95 bits per heavy atom. The Labute approximate surface area is 123 Å². The van der Waals surface area contributed by atoms with Gasteiger partial charge in [0, 0.05) is 5.69 Å². The van der Waals surface area contributed by atoms with Crippen LogP contribution in [-0.2, 0) is 0 Å². The minimum absolute atomic E-state index is 0.236. The van der Waals surface area contributed by atoms with Crippen molar-refractivity contribution in [3.05, 3.63) is 53.2 Å². The number of carbonyl (C=O) groups excluding carboxylic acids is 1. The molecule has 21 heavy (non-hydrogen) atoms. The number of anilines is 1. The summed E-state index contributed by atoms with van der Waals surface area (Å²) in [6, 6.07) is 12.7. The molecule has 0 bridgehead atoms. The molecule has 0 aliphatic rings. The second kappa shape index (κ2) is 4.39. The Kier molecular flexibility index (Phi) is 2.52. The van der Waals surface area contributed by atoms with Gasteiger partial charge in [-0.15, -0.1) is 11.3 Å². The van der Waals surface area contributed by atoms with E-state index in [-0.39, 0.29) is 11.5 Å². The van der Waals surface area contributed by atoms with Crippen molar-refractivity contribution in [3.8, 4) is 0 Å². The summed E-state index contributed by atoms with van der Waals surface area (Å²) in [5.74, 6) is -0.236. The molecule has 0 fully saturated rings. The van der Waals surface area contributed by atoms with Crippen LogP contribution in [-0.4, -0.2) is 15.9 Å². The quantitative estimate of drug-likeness (QED) is 0.453. The molecule has 2 heterocycles. The number of carbonyl (C=O) groups is 1. The van der Waals surface area contributed by atoms with Gasteiger partial charge in [-0.25, -0.2) is 4.98 Å². The summed E-state index contributed by atoms with van der Waals surface area (Å²) in [5, 5.41) is 4.96. The second-order valence-electron chi connectivity index (χ2n) is 4.60. The number of para-hydroxylation sites is 1. The van der Waals surface area contributed by atoms with Crippen molar-refractivity contribution in [2.45, 2.75) is 0 Å². The van der Waals surface area contributed by atoms with E-state index in [1.54, 1.807) is 18.2 Å². The number of nitrogen functional groups attached to an aromatic ring is 1. The number of fused-ring (bicyclic) bond motifs is 2. The molecular weight excluding hydrogens is 286 g/mol. The van der Waals surface area contributed by atoms with Gasteiger partial charge in [0.1, 0.15) is 0 Å². The van der Waals surface area contributed by atoms with Crippen molar-refractivity contribution in [2.75, 3.05) is 5.73 Å². The number of thiazole rings is 1. The monoisotopic (exact) mass is 295 g/mol. The summed E-state index contributed by atoms with van der Waals surface area (Å²) in [4.78, 5) is 16.9. The molecule has 0 atom stereocenters. The third-order valence-electron chi connectivity index (χ3n) is 3.20. The minimum Gasteiger partial charge on any atom is -0.399 e. The lowest BCUT2D eigenvalue weighted by molar-refractivity contribution is 0.103. The molecule has 6 heteroatoms. The first-order chi connectivity index (χ1) is 10.2. The van der Waals surface area contributed by atoms with Gasteiger partial charge in [0.2, 0.25) is 5.78 Å². The van der Waals surface area contributed by atoms with Crippen molar-refractivity contribution in [1.82, 2.24) is 10.1 Å². The normalized spacial score (nSPS) is 11.2. The third kappa shape index (κ3) is 1.88. The zero-order valence-electron chi connectivity index (χ0n) is 10.7. The maximum Gasteiger partial charge on any atom is 0.244 e. The Morgan fingerprint density at radius 2 is 2.05 bits per heavy atom. The number of nitrogens with zero attached hydrogens (tertiary/aromatic N) is 2. The molecule has 0 spiro atoms. The smallest absolute Gasteiger partial charge is 0.244 e. The van der Waals surface area contributed by atoms with Gasteiger partial charge in [-0.3, -0.25) is 4.79 Å². The van der Waals surface area contributed by atoms with Crippen LogP contribution in [0.25, 0.3) is 21.2 Å². The van der Waals surface area contributed by atoms with Gasteiger partial charge in [-0.1, -0.05) is 17.3 Å². The summed E-state index contributed by atoms with van der Waals surface area (Å²) >= 11 is 1.32. The number of benzene rings is 2. The summed E-state index contributed by atoms with van der Waals surface area (Å²) in [6.45, 7) is 0. The van der Waals surface area contributed by atoms with Gasteiger partial charge in [0.15, 0.2) is 16.3 Å². The zero-order valence-corrected chi connectivity index (χ0v) is 11.6. The van der Waals surface area contributed by atoms with Gasteiger partial charge in [0.25, 0.3) is 0 Å². The zero-order chi connectivity index (χ0) is 14.4. The molecule has 0 unspecified atom stereocenters. The molecule has 0 amide bonds. The van der Waals surface area contributed by atoms with Crippen molar-refractivity contribution < 1.29 is 9.32 Å². The maximum absolute atomic E-state index is 12.6. The average Bonchev–Trinajstić information content (AvgIpc) is 3.09. The number of nitrogens with two attached hydrogens (primary N) is 1. The van der Waals surface area contributed by atoms with Gasteiger partial charge in [-0.2, -0.15) is 0 Å². The summed E-state index contributed by atoms with van der Waals surface area (Å²) in [6.07, 6.45) is 0. The predicted molar refractivity (Wildman–Crippen MR) is 81.5 cm³/mol. The van der Waals surface area contributed by atoms with E-state index in [9.17, 15) is 4.79 Å². The van der Waals surface area contributed by atoms with Crippen LogP contribution in [0.5, 0.6) is 0 Å². The molecule has 2 aromatic heterocycles. The first-order valence-corrected chi connectivity index (χ1v) is 7.09. The number of rotatable bonds is 2. The van der Waals surface area contributed by atoms with Crippen molar-refractivity contribution >= 4 is 44.0 Å². The highest BCUT2D eigenvalue weighted by Crippen LogP contribution is 2.27. The van der Waals surface area contributed by atoms with E-state index < -0.39 is 0 Å². The lowest BCUT2D eigenvalue weighted by Gasteiger charge is -1.91. The third-order valence-corrected chi connectivity index (χ3v) is 4.23. The highest BCUT2D eigenvalue weighted by atomic mass is 32.1. The van der Waals surface area contributed by atoms with E-state index in [1.165, 1.54) is 11.3 Å². The fourth-order valence-electron chi connectivity index (χ4n) is 2.19. The molecule has 0 saturated heterocycles. The van der Waals surface area contributed by atoms with Gasteiger partial charge in [-0.05, 0) is 30.3 Å². The molecule has 4 aromatic rings. The molecule has 2 aromatic carbocycles. The van der Waals surface area contributed by atoms with Crippen LogP contribution in [0.3, 0.4) is 0 Å². The molecule has 0 radical (unpaired) electrons. The molecule has 4 rings (SSSR count). The van der Waals surface area contributed by atoms with Crippen LogP contribution in [0.2, 0.25) is 0 Å². The largest absolute Gasteiger partial charge is 0.399 e. The standard InChI is InChI=1S/C15H9N3O2S/c16-8-5-6-12-10(7-8)17-15(21-12)14(19)13-9-3-1-2-4-11(9)20-18-13/h1-7H,16H2. The fourth-order valence-corrected chi connectivity index (χ4v) is 3.08. The van der Waals surface area contributed by atoms with Crippen LogP contribution in [0.4, 0.5) is 5.69 Å². The van der Waals surface area contributed by atoms with Gasteiger partial charge < -0.3 is 10.3 Å². The summed E-state index contributed by atoms with van der Waals surface area (Å²) < 4.78 is 6.09. The van der Waals surface area contributed by atoms with Crippen LogP contribution in [0, 0.1) is 0 Å². The number of ketones is 1. The van der Waals surface area contributed by atoms with Crippen molar-refractivity contribution in [3.63, 3.8) is 0 Å². The van der Waals surface area contributed by atoms with Gasteiger partial charge >= 0.3 is 0 Å². The number of aromatic nitrogens is 2. The van der Waals surface area contributed by atoms with E-state index in [0.29, 0.717) is 21.7 Å². The van der Waals surface area contributed by atoms with Gasteiger partial charge in [0.05, 0.1) is 15.6 Å². The van der Waals surface area contributed by atoms with Crippen molar-refractivity contribution in [2.24, 2.45) is 0 Å². The first kappa shape index (κ1) is 12.0. The van der Waals surface area contributed by atoms with Crippen LogP contribution < -0.4 is 5.73 Å². The van der Waals surface area contributed by atoms with Crippen molar-refractivity contribution in [1.29, 1.82) is 0 Å². The molecule has 0 saturated carbocycles. The summed E-state index contributed by atoms with van der Waals surface area (Å²) in [5.41, 5.74) is 7.95. The Morgan fingerprint density at radius 1 is 1.19 bits per heavy atom. The van der Waals surface area contributed by atoms with E-state index in [0.717, 1.165) is 10.2 Å². The van der Waals surface area contributed by atoms with Crippen LogP contribution in [0.15, 0.2) is 47.0 Å². The average molecular weight is 295 g/mol. The molecule has 0 aliphatic heterocycles. The topological polar surface area (TPSA) is 82.0 Å². The highest BCUT2D eigenvalue weighted by molar-refractivity contribution is 7.20.